The maximum Gasteiger partial charge on any atom is 0.123 e. The van der Waals surface area contributed by atoms with Gasteiger partial charge < -0.3 is 10.2 Å². The first-order valence-corrected chi connectivity index (χ1v) is 5.78. The maximum atomic E-state index is 12.7. The largest absolute Gasteiger partial charge is 0.387 e. The van der Waals surface area contributed by atoms with Crippen molar-refractivity contribution in [3.8, 4) is 0 Å². The van der Waals surface area contributed by atoms with Gasteiger partial charge in [0.05, 0.1) is 5.60 Å². The Hall–Kier alpha value is -0.930. The van der Waals surface area contributed by atoms with E-state index in [0.717, 1.165) is 19.3 Å². The van der Waals surface area contributed by atoms with Gasteiger partial charge in [-0.15, -0.1) is 0 Å². The Morgan fingerprint density at radius 2 is 1.62 bits per heavy atom. The lowest BCUT2D eigenvalue weighted by molar-refractivity contribution is -0.0991. The summed E-state index contributed by atoms with van der Waals surface area (Å²) in [5.41, 5.74) is -0.443. The molecule has 0 heterocycles. The second kappa shape index (κ2) is 4.52. The van der Waals surface area contributed by atoms with Crippen molar-refractivity contribution in [3.05, 3.63) is 35.6 Å². The molecule has 1 aromatic rings. The van der Waals surface area contributed by atoms with Crippen molar-refractivity contribution in [1.29, 1.82) is 0 Å². The SMILES string of the molecule is OC(c1ccc(F)cc1)C1(O)CCCCC1. The first kappa shape index (κ1) is 11.6. The van der Waals surface area contributed by atoms with Crippen molar-refractivity contribution in [1.82, 2.24) is 0 Å². The van der Waals surface area contributed by atoms with Crippen molar-refractivity contribution in [2.24, 2.45) is 0 Å². The summed E-state index contributed by atoms with van der Waals surface area (Å²) in [4.78, 5) is 0. The minimum Gasteiger partial charge on any atom is -0.387 e. The van der Waals surface area contributed by atoms with E-state index >= 15 is 0 Å². The quantitative estimate of drug-likeness (QED) is 0.810. The van der Waals surface area contributed by atoms with Gasteiger partial charge in [0, 0.05) is 0 Å². The molecule has 0 spiro atoms. The smallest absolute Gasteiger partial charge is 0.123 e. The Labute approximate surface area is 94.7 Å². The van der Waals surface area contributed by atoms with Gasteiger partial charge in [-0.05, 0) is 30.5 Å². The fraction of sp³-hybridized carbons (Fsp3) is 0.538. The van der Waals surface area contributed by atoms with Crippen molar-refractivity contribution < 1.29 is 14.6 Å². The molecule has 2 nitrogen and oxygen atoms in total. The van der Waals surface area contributed by atoms with Gasteiger partial charge in [-0.25, -0.2) is 4.39 Å². The fourth-order valence-corrected chi connectivity index (χ4v) is 2.39. The van der Waals surface area contributed by atoms with Crippen LogP contribution in [0.4, 0.5) is 4.39 Å². The van der Waals surface area contributed by atoms with E-state index in [1.54, 1.807) is 0 Å². The molecule has 0 aromatic heterocycles. The lowest BCUT2D eigenvalue weighted by Crippen LogP contribution is -2.38. The van der Waals surface area contributed by atoms with Gasteiger partial charge in [-0.3, -0.25) is 0 Å². The number of aliphatic hydroxyl groups excluding tert-OH is 1. The third-order valence-corrected chi connectivity index (χ3v) is 3.41. The van der Waals surface area contributed by atoms with Gasteiger partial charge in [0.25, 0.3) is 0 Å². The Balaban J connectivity index is 2.16. The first-order valence-electron chi connectivity index (χ1n) is 5.78. The van der Waals surface area contributed by atoms with Crippen LogP contribution in [-0.2, 0) is 0 Å². The average Bonchev–Trinajstić information content (AvgIpc) is 2.30. The third kappa shape index (κ3) is 2.25. The predicted octanol–water partition coefficient (Wildman–Crippen LogP) is 2.55. The summed E-state index contributed by atoms with van der Waals surface area (Å²) in [5.74, 6) is -0.327. The molecule has 3 heteroatoms. The van der Waals surface area contributed by atoms with Crippen LogP contribution in [0.25, 0.3) is 0 Å². The molecule has 0 bridgehead atoms. The molecule has 0 saturated heterocycles. The molecule has 1 aromatic carbocycles. The molecular weight excluding hydrogens is 207 g/mol. The zero-order valence-electron chi connectivity index (χ0n) is 9.19. The summed E-state index contributed by atoms with van der Waals surface area (Å²) in [6.07, 6.45) is 3.31. The normalized spacial score (nSPS) is 21.7. The van der Waals surface area contributed by atoms with Crippen LogP contribution in [0.15, 0.2) is 24.3 Å². The first-order chi connectivity index (χ1) is 7.62. The van der Waals surface area contributed by atoms with Crippen LogP contribution in [0.2, 0.25) is 0 Å². The Morgan fingerprint density at radius 3 is 2.19 bits per heavy atom. The summed E-state index contributed by atoms with van der Waals surface area (Å²) in [5, 5.41) is 20.4. The average molecular weight is 224 g/mol. The van der Waals surface area contributed by atoms with E-state index in [4.69, 9.17) is 0 Å². The van der Waals surface area contributed by atoms with E-state index in [9.17, 15) is 14.6 Å². The van der Waals surface area contributed by atoms with Crippen LogP contribution in [0.1, 0.15) is 43.8 Å². The van der Waals surface area contributed by atoms with E-state index in [1.165, 1.54) is 24.3 Å². The zero-order valence-corrected chi connectivity index (χ0v) is 9.19. The number of halogens is 1. The number of benzene rings is 1. The molecule has 1 fully saturated rings. The minimum absolute atomic E-state index is 0.327. The van der Waals surface area contributed by atoms with Crippen LogP contribution >= 0.6 is 0 Å². The summed E-state index contributed by atoms with van der Waals surface area (Å²) in [7, 11) is 0. The zero-order chi connectivity index (χ0) is 11.6. The minimum atomic E-state index is -1.03. The lowest BCUT2D eigenvalue weighted by Gasteiger charge is -2.36. The van der Waals surface area contributed by atoms with Gasteiger partial charge in [0.2, 0.25) is 0 Å². The molecule has 1 unspecified atom stereocenters. The van der Waals surface area contributed by atoms with Gasteiger partial charge in [0.1, 0.15) is 11.9 Å². The molecule has 2 rings (SSSR count). The molecule has 1 aliphatic rings. The third-order valence-electron chi connectivity index (χ3n) is 3.41. The van der Waals surface area contributed by atoms with Crippen LogP contribution in [0.5, 0.6) is 0 Å². The molecule has 0 radical (unpaired) electrons. The number of aliphatic hydroxyl groups is 2. The summed E-state index contributed by atoms with van der Waals surface area (Å²) >= 11 is 0. The predicted molar refractivity (Wildman–Crippen MR) is 59.4 cm³/mol. The van der Waals surface area contributed by atoms with E-state index in [-0.39, 0.29) is 5.82 Å². The Morgan fingerprint density at radius 1 is 1.06 bits per heavy atom. The lowest BCUT2D eigenvalue weighted by atomic mass is 9.78. The molecule has 1 saturated carbocycles. The van der Waals surface area contributed by atoms with Crippen molar-refractivity contribution in [2.75, 3.05) is 0 Å². The van der Waals surface area contributed by atoms with Crippen molar-refractivity contribution in [3.63, 3.8) is 0 Å². The second-order valence-corrected chi connectivity index (χ2v) is 4.62. The second-order valence-electron chi connectivity index (χ2n) is 4.62. The molecule has 2 N–H and O–H groups in total. The monoisotopic (exact) mass is 224 g/mol. The van der Waals surface area contributed by atoms with Crippen LogP contribution < -0.4 is 0 Å². The molecule has 0 amide bonds. The molecule has 1 aliphatic carbocycles. The van der Waals surface area contributed by atoms with Crippen LogP contribution in [0.3, 0.4) is 0 Å². The summed E-state index contributed by atoms with van der Waals surface area (Å²) in [6, 6.07) is 5.69. The molecule has 0 aliphatic heterocycles. The van der Waals surface area contributed by atoms with E-state index in [2.05, 4.69) is 0 Å². The molecule has 1 atom stereocenters. The standard InChI is InChI=1S/C13H17FO2/c14-11-6-4-10(5-7-11)12(15)13(16)8-2-1-3-9-13/h4-7,12,15-16H,1-3,8-9H2. The topological polar surface area (TPSA) is 40.5 Å². The molecule has 16 heavy (non-hydrogen) atoms. The summed E-state index contributed by atoms with van der Waals surface area (Å²) < 4.78 is 12.7. The number of hydrogen-bond donors (Lipinski definition) is 2. The summed E-state index contributed by atoms with van der Waals surface area (Å²) in [6.45, 7) is 0. The van der Waals surface area contributed by atoms with Crippen LogP contribution in [-0.4, -0.2) is 15.8 Å². The number of rotatable bonds is 2. The van der Waals surface area contributed by atoms with Gasteiger partial charge in [0.15, 0.2) is 0 Å². The highest BCUT2D eigenvalue weighted by Crippen LogP contribution is 2.38. The van der Waals surface area contributed by atoms with Gasteiger partial charge in [-0.1, -0.05) is 31.4 Å². The van der Waals surface area contributed by atoms with E-state index in [1.807, 2.05) is 0 Å². The van der Waals surface area contributed by atoms with Gasteiger partial charge >= 0.3 is 0 Å². The Bertz CT molecular complexity index is 341. The Kier molecular flexibility index (Phi) is 3.26. The molecular formula is C13H17FO2. The highest BCUT2D eigenvalue weighted by atomic mass is 19.1. The van der Waals surface area contributed by atoms with E-state index < -0.39 is 11.7 Å². The highest BCUT2D eigenvalue weighted by molar-refractivity contribution is 5.21. The van der Waals surface area contributed by atoms with E-state index in [0.29, 0.717) is 18.4 Å². The van der Waals surface area contributed by atoms with Gasteiger partial charge in [-0.2, -0.15) is 0 Å². The maximum absolute atomic E-state index is 12.7. The molecule has 88 valence electrons. The highest BCUT2D eigenvalue weighted by Gasteiger charge is 2.37. The van der Waals surface area contributed by atoms with Crippen molar-refractivity contribution in [2.45, 2.75) is 43.8 Å². The van der Waals surface area contributed by atoms with Crippen LogP contribution in [0, 0.1) is 5.82 Å². The number of hydrogen-bond acceptors (Lipinski definition) is 2. The van der Waals surface area contributed by atoms with Crippen molar-refractivity contribution >= 4 is 0 Å². The fourth-order valence-electron chi connectivity index (χ4n) is 2.39.